The normalized spacial score (nSPS) is 37.9. The summed E-state index contributed by atoms with van der Waals surface area (Å²) in [6, 6.07) is 8.76. The summed E-state index contributed by atoms with van der Waals surface area (Å²) in [4.78, 5) is 47.9. The first-order chi connectivity index (χ1) is 25.3. The molecule has 0 saturated carbocycles. The maximum atomic E-state index is 14.3. The van der Waals surface area contributed by atoms with Crippen LogP contribution in [0.5, 0.6) is 0 Å². The standard InChI is InChI=1S/C41H61N3O10/c1-11-32-41(8,50)35(47)27(6)37(48)43-23(2)22-40(7,51-20-14-15-28-18-19-42-30-17-13-12-16-29(28)30)36(25(4)33(45)26(5)38(49)53-32)54-39-34(46)31(44(9)10)21-24(3)52-39/h12-19,23-27,31-32,34-36,39,46-47,50H,11,20-22H2,1-10H3,(H,43,48)/b15-14+/t23-,24-,25+,26-,27-,31+,32-,34-,35-,36-,39+,40-,41-/m1/s1. The lowest BCUT2D eigenvalue weighted by atomic mass is 9.79. The number of esters is 1. The lowest BCUT2D eigenvalue weighted by molar-refractivity contribution is -0.296. The average molecular weight is 756 g/mol. The molecule has 13 nitrogen and oxygen atoms in total. The van der Waals surface area contributed by atoms with Crippen LogP contribution in [-0.4, -0.2) is 124 Å². The first-order valence-corrected chi connectivity index (χ1v) is 19.1. The predicted molar refractivity (Wildman–Crippen MR) is 204 cm³/mol. The number of carbonyl (C=O) groups is 3. The number of nitrogens with one attached hydrogen (secondary N) is 1. The van der Waals surface area contributed by atoms with E-state index >= 15 is 0 Å². The van der Waals surface area contributed by atoms with Crippen molar-refractivity contribution in [2.75, 3.05) is 20.7 Å². The van der Waals surface area contributed by atoms with Crippen molar-refractivity contribution in [2.45, 2.75) is 135 Å². The van der Waals surface area contributed by atoms with Crippen molar-refractivity contribution in [1.29, 1.82) is 0 Å². The van der Waals surface area contributed by atoms with Crippen LogP contribution in [0.3, 0.4) is 0 Å². The third-order valence-corrected chi connectivity index (χ3v) is 11.2. The molecule has 300 valence electrons. The largest absolute Gasteiger partial charge is 0.459 e. The van der Waals surface area contributed by atoms with E-state index in [9.17, 15) is 29.7 Å². The fraction of sp³-hybridized carbons (Fsp3) is 0.659. The van der Waals surface area contributed by atoms with Crippen molar-refractivity contribution >= 4 is 34.6 Å². The van der Waals surface area contributed by atoms with Crippen LogP contribution in [0.25, 0.3) is 17.0 Å². The van der Waals surface area contributed by atoms with Gasteiger partial charge in [0.05, 0.1) is 42.0 Å². The van der Waals surface area contributed by atoms with Gasteiger partial charge in [0, 0.05) is 29.6 Å². The van der Waals surface area contributed by atoms with Gasteiger partial charge in [0.1, 0.15) is 23.7 Å². The maximum Gasteiger partial charge on any atom is 0.316 e. The molecule has 13 atom stereocenters. The second-order valence-electron chi connectivity index (χ2n) is 15.9. The number of rotatable bonds is 8. The van der Waals surface area contributed by atoms with Crippen molar-refractivity contribution in [3.63, 3.8) is 0 Å². The van der Waals surface area contributed by atoms with Crippen LogP contribution in [-0.2, 0) is 33.3 Å². The van der Waals surface area contributed by atoms with Crippen LogP contribution in [0.4, 0.5) is 0 Å². The van der Waals surface area contributed by atoms with Gasteiger partial charge in [-0.3, -0.25) is 19.4 Å². The molecule has 0 unspecified atom stereocenters. The molecule has 4 N–H and O–H groups in total. The van der Waals surface area contributed by atoms with Gasteiger partial charge in [-0.25, -0.2) is 0 Å². The van der Waals surface area contributed by atoms with E-state index < -0.39 is 83.4 Å². The van der Waals surface area contributed by atoms with E-state index in [1.54, 1.807) is 33.9 Å². The number of ether oxygens (including phenoxy) is 4. The van der Waals surface area contributed by atoms with E-state index in [2.05, 4.69) is 10.3 Å². The second-order valence-corrected chi connectivity index (χ2v) is 15.9. The summed E-state index contributed by atoms with van der Waals surface area (Å²) in [5.41, 5.74) is -1.58. The van der Waals surface area contributed by atoms with Crippen molar-refractivity contribution in [2.24, 2.45) is 17.8 Å². The van der Waals surface area contributed by atoms with Crippen LogP contribution in [0, 0.1) is 17.8 Å². The van der Waals surface area contributed by atoms with Crippen LogP contribution < -0.4 is 5.32 Å². The van der Waals surface area contributed by atoms with E-state index in [0.29, 0.717) is 6.42 Å². The number of ketones is 1. The summed E-state index contributed by atoms with van der Waals surface area (Å²) >= 11 is 0. The molecule has 1 aromatic carbocycles. The Morgan fingerprint density at radius 1 is 1.04 bits per heavy atom. The first kappa shape index (κ1) is 43.4. The lowest BCUT2D eigenvalue weighted by Crippen LogP contribution is -2.60. The molecule has 1 aromatic heterocycles. The molecule has 13 heteroatoms. The molecule has 3 heterocycles. The molecule has 0 radical (unpaired) electrons. The first-order valence-electron chi connectivity index (χ1n) is 19.1. The summed E-state index contributed by atoms with van der Waals surface area (Å²) in [6.07, 6.45) is -0.211. The second kappa shape index (κ2) is 18.1. The van der Waals surface area contributed by atoms with Crippen LogP contribution in [0.1, 0.15) is 80.2 Å². The van der Waals surface area contributed by atoms with Crippen LogP contribution in [0.15, 0.2) is 42.6 Å². The Labute approximate surface area is 319 Å². The fourth-order valence-corrected chi connectivity index (χ4v) is 7.92. The molecule has 54 heavy (non-hydrogen) atoms. The highest BCUT2D eigenvalue weighted by molar-refractivity contribution is 6.00. The number of pyridine rings is 1. The third-order valence-electron chi connectivity index (χ3n) is 11.2. The lowest BCUT2D eigenvalue weighted by Gasteiger charge is -2.47. The van der Waals surface area contributed by atoms with Gasteiger partial charge in [-0.15, -0.1) is 0 Å². The van der Waals surface area contributed by atoms with Crippen molar-refractivity contribution in [3.05, 3.63) is 48.2 Å². The predicted octanol–water partition coefficient (Wildman–Crippen LogP) is 3.65. The molecule has 2 aliphatic heterocycles. The number of amides is 1. The van der Waals surface area contributed by atoms with E-state index in [1.165, 1.54) is 20.8 Å². The molecule has 4 rings (SSSR count). The zero-order valence-electron chi connectivity index (χ0n) is 33.4. The molecule has 2 aromatic rings. The highest BCUT2D eigenvalue weighted by Gasteiger charge is 2.51. The van der Waals surface area contributed by atoms with E-state index in [4.69, 9.17) is 18.9 Å². The minimum absolute atomic E-state index is 0.0626. The van der Waals surface area contributed by atoms with Gasteiger partial charge >= 0.3 is 5.97 Å². The summed E-state index contributed by atoms with van der Waals surface area (Å²) in [7, 11) is 3.72. The maximum absolute atomic E-state index is 14.3. The zero-order valence-corrected chi connectivity index (χ0v) is 33.4. The Kier molecular flexibility index (Phi) is 14.6. The average Bonchev–Trinajstić information content (AvgIpc) is 3.13. The minimum Gasteiger partial charge on any atom is -0.459 e. The molecular weight excluding hydrogens is 694 g/mol. The molecule has 2 fully saturated rings. The number of carbonyl (C=O) groups excluding carboxylic acids is 3. The number of hydrogen-bond acceptors (Lipinski definition) is 12. The number of cyclic esters (lactones) is 1. The zero-order chi connectivity index (χ0) is 40.1. The van der Waals surface area contributed by atoms with Gasteiger partial charge in [-0.05, 0) is 85.7 Å². The Morgan fingerprint density at radius 2 is 1.72 bits per heavy atom. The Balaban J connectivity index is 1.79. The number of aliphatic hydroxyl groups is 3. The van der Waals surface area contributed by atoms with Gasteiger partial charge < -0.3 is 44.5 Å². The Morgan fingerprint density at radius 3 is 2.39 bits per heavy atom. The summed E-state index contributed by atoms with van der Waals surface area (Å²) in [5, 5.41) is 38.1. The minimum atomic E-state index is -2.01. The summed E-state index contributed by atoms with van der Waals surface area (Å²) in [6.45, 7) is 13.0. The topological polar surface area (TPSA) is 177 Å². The van der Waals surface area contributed by atoms with Gasteiger partial charge in [0.2, 0.25) is 5.91 Å². The van der Waals surface area contributed by atoms with Crippen molar-refractivity contribution in [3.8, 4) is 0 Å². The number of aromatic nitrogens is 1. The van der Waals surface area contributed by atoms with Crippen molar-refractivity contribution in [1.82, 2.24) is 15.2 Å². The Bertz CT molecular complexity index is 1630. The van der Waals surface area contributed by atoms with Gasteiger partial charge in [-0.1, -0.05) is 51.1 Å². The number of benzene rings is 1. The smallest absolute Gasteiger partial charge is 0.316 e. The van der Waals surface area contributed by atoms with Crippen LogP contribution in [0.2, 0.25) is 0 Å². The monoisotopic (exact) mass is 755 g/mol. The quantitative estimate of drug-likeness (QED) is 0.228. The highest BCUT2D eigenvalue weighted by atomic mass is 16.7. The Hall–Kier alpha value is -3.30. The third kappa shape index (κ3) is 9.73. The number of fused-ring (bicyclic) bond motifs is 1. The number of para-hydroxylation sites is 1. The molecule has 0 spiro atoms. The number of aliphatic hydroxyl groups excluding tert-OH is 2. The van der Waals surface area contributed by atoms with Gasteiger partial charge in [-0.2, -0.15) is 0 Å². The number of Topliss-reactive ketones (excluding diaryl/α,β-unsaturated/α-hetero) is 1. The highest BCUT2D eigenvalue weighted by Crippen LogP contribution is 2.36. The van der Waals surface area contributed by atoms with E-state index in [0.717, 1.165) is 16.5 Å². The number of nitrogens with zero attached hydrogens (tertiary/aromatic N) is 2. The molecular formula is C41H61N3O10. The summed E-state index contributed by atoms with van der Waals surface area (Å²) in [5.74, 6) is -5.38. The number of hydrogen-bond donors (Lipinski definition) is 4. The molecule has 1 amide bonds. The number of likely N-dealkylation sites (N-methyl/N-ethyl adjacent to an activating group) is 1. The molecule has 0 aliphatic carbocycles. The molecule has 2 aliphatic rings. The van der Waals surface area contributed by atoms with Crippen LogP contribution >= 0.6 is 0 Å². The fourth-order valence-electron chi connectivity index (χ4n) is 7.92. The van der Waals surface area contributed by atoms with Gasteiger partial charge in [0.25, 0.3) is 0 Å². The molecule has 2 saturated heterocycles. The molecule has 0 bridgehead atoms. The van der Waals surface area contributed by atoms with Crippen molar-refractivity contribution < 1.29 is 48.7 Å². The SMILES string of the molecule is CC[C@H]1OC(=O)[C@H](C)C(=O)[C@H](C)[C@@H](O[C@@H]2O[C@H](C)C[C@H](N(C)C)[C@H]2O)[C@](C)(OC/C=C/c2ccnc3ccccc23)C[C@@H](C)NC(=O)[C@H](C)[C@@H](O)[C@]1(C)O. The van der Waals surface area contributed by atoms with E-state index in [1.807, 2.05) is 68.4 Å². The van der Waals surface area contributed by atoms with E-state index in [-0.39, 0.29) is 31.6 Å². The summed E-state index contributed by atoms with van der Waals surface area (Å²) < 4.78 is 25.3. The van der Waals surface area contributed by atoms with Gasteiger partial charge in [0.15, 0.2) is 12.1 Å².